The summed E-state index contributed by atoms with van der Waals surface area (Å²) in [5.74, 6) is 0. The summed E-state index contributed by atoms with van der Waals surface area (Å²) < 4.78 is 38.8. The van der Waals surface area contributed by atoms with Gasteiger partial charge in [0.15, 0.2) is 0 Å². The Kier molecular flexibility index (Phi) is 5.60. The largest absolute Gasteiger partial charge is 0.417 e. The van der Waals surface area contributed by atoms with Crippen LogP contribution >= 0.6 is 27.5 Å². The Hall–Kier alpha value is -0.950. The molecule has 3 nitrogen and oxygen atoms in total. The van der Waals surface area contributed by atoms with Gasteiger partial charge in [-0.1, -0.05) is 46.8 Å². The van der Waals surface area contributed by atoms with E-state index in [2.05, 4.69) is 26.6 Å². The van der Waals surface area contributed by atoms with Gasteiger partial charge in [0.1, 0.15) is 0 Å². The van der Waals surface area contributed by atoms with Crippen molar-refractivity contribution in [2.75, 3.05) is 5.32 Å². The molecule has 8 heteroatoms. The molecule has 2 N–H and O–H groups in total. The van der Waals surface area contributed by atoms with Crippen molar-refractivity contribution in [1.29, 1.82) is 0 Å². The number of hydrogen-bond acceptors (Lipinski definition) is 1. The molecule has 0 atom stereocenters. The Bertz CT molecular complexity index is 560. The summed E-state index contributed by atoms with van der Waals surface area (Å²) in [5, 5.41) is 4.65. The van der Waals surface area contributed by atoms with Crippen molar-refractivity contribution in [2.24, 2.45) is 0 Å². The molecule has 0 bridgehead atoms. The summed E-state index contributed by atoms with van der Waals surface area (Å²) in [5.41, 5.74) is -1.06. The summed E-state index contributed by atoms with van der Waals surface area (Å²) in [6, 6.07) is 1.74. The number of carbonyl (C=O) groups is 1. The SMILES string of the molecule is O=C(Nc1cc(Br)cc(C(F)(F)F)c1Cl)NC1CCCCC1. The molecule has 0 spiro atoms. The third-order valence-electron chi connectivity index (χ3n) is 3.53. The van der Waals surface area contributed by atoms with Gasteiger partial charge in [-0.25, -0.2) is 4.79 Å². The molecule has 2 rings (SSSR count). The van der Waals surface area contributed by atoms with Gasteiger partial charge < -0.3 is 10.6 Å². The topological polar surface area (TPSA) is 41.1 Å². The van der Waals surface area contributed by atoms with Gasteiger partial charge in [0.25, 0.3) is 0 Å². The quantitative estimate of drug-likeness (QED) is 0.670. The second kappa shape index (κ2) is 7.08. The molecule has 1 saturated carbocycles. The van der Waals surface area contributed by atoms with Crippen molar-refractivity contribution < 1.29 is 18.0 Å². The number of rotatable bonds is 2. The fourth-order valence-corrected chi connectivity index (χ4v) is 3.20. The zero-order valence-corrected chi connectivity index (χ0v) is 13.9. The molecule has 22 heavy (non-hydrogen) atoms. The zero-order valence-electron chi connectivity index (χ0n) is 11.6. The van der Waals surface area contributed by atoms with Crippen LogP contribution in [0.5, 0.6) is 0 Å². The number of hydrogen-bond donors (Lipinski definition) is 2. The van der Waals surface area contributed by atoms with Gasteiger partial charge in [0.05, 0.1) is 16.3 Å². The maximum Gasteiger partial charge on any atom is 0.417 e. The van der Waals surface area contributed by atoms with E-state index in [0.29, 0.717) is 0 Å². The van der Waals surface area contributed by atoms with Crippen LogP contribution < -0.4 is 10.6 Å². The molecule has 1 aliphatic carbocycles. The van der Waals surface area contributed by atoms with Gasteiger partial charge >= 0.3 is 12.2 Å². The molecule has 0 unspecified atom stereocenters. The molecule has 1 aromatic rings. The van der Waals surface area contributed by atoms with Gasteiger partial charge in [0.2, 0.25) is 0 Å². The van der Waals surface area contributed by atoms with Gasteiger partial charge in [0, 0.05) is 10.5 Å². The number of carbonyl (C=O) groups excluding carboxylic acids is 1. The fraction of sp³-hybridized carbons (Fsp3) is 0.500. The first kappa shape index (κ1) is 17.4. The third-order valence-corrected chi connectivity index (χ3v) is 4.40. The fourth-order valence-electron chi connectivity index (χ4n) is 2.48. The standard InChI is InChI=1S/C14H15BrClF3N2O/c15-8-6-10(14(17,18)19)12(16)11(7-8)21-13(22)20-9-4-2-1-3-5-9/h6-7,9H,1-5H2,(H2,20,21,22). The van der Waals surface area contributed by atoms with Gasteiger partial charge in [-0.05, 0) is 25.0 Å². The second-order valence-electron chi connectivity index (χ2n) is 5.25. The Morgan fingerprint density at radius 3 is 2.45 bits per heavy atom. The summed E-state index contributed by atoms with van der Waals surface area (Å²) in [6.45, 7) is 0. The van der Waals surface area contributed by atoms with E-state index >= 15 is 0 Å². The highest BCUT2D eigenvalue weighted by Crippen LogP contribution is 2.40. The summed E-state index contributed by atoms with van der Waals surface area (Å²) >= 11 is 8.77. The Morgan fingerprint density at radius 1 is 1.23 bits per heavy atom. The normalized spacial score (nSPS) is 16.4. The lowest BCUT2D eigenvalue weighted by atomic mass is 9.96. The molecule has 0 aliphatic heterocycles. The first-order chi connectivity index (χ1) is 10.3. The van der Waals surface area contributed by atoms with Crippen LogP contribution in [-0.2, 0) is 6.18 Å². The number of amides is 2. The van der Waals surface area contributed by atoms with E-state index in [1.165, 1.54) is 6.07 Å². The number of anilines is 1. The van der Waals surface area contributed by atoms with Crippen molar-refractivity contribution in [1.82, 2.24) is 5.32 Å². The summed E-state index contributed by atoms with van der Waals surface area (Å²) in [6.07, 6.45) is 0.409. The van der Waals surface area contributed by atoms with E-state index in [1.54, 1.807) is 0 Å². The average molecular weight is 400 g/mol. The number of urea groups is 1. The monoisotopic (exact) mass is 398 g/mol. The van der Waals surface area contributed by atoms with Crippen molar-refractivity contribution in [3.8, 4) is 0 Å². The number of nitrogens with one attached hydrogen (secondary N) is 2. The van der Waals surface area contributed by atoms with E-state index in [4.69, 9.17) is 11.6 Å². The molecule has 0 radical (unpaired) electrons. The van der Waals surface area contributed by atoms with Gasteiger partial charge in [-0.15, -0.1) is 0 Å². The second-order valence-corrected chi connectivity index (χ2v) is 6.54. The predicted octanol–water partition coefficient (Wildman–Crippen LogP) is 5.58. The van der Waals surface area contributed by atoms with Crippen LogP contribution in [0, 0.1) is 0 Å². The first-order valence-electron chi connectivity index (χ1n) is 6.91. The van der Waals surface area contributed by atoms with Crippen LogP contribution in [0.1, 0.15) is 37.7 Å². The van der Waals surface area contributed by atoms with E-state index < -0.39 is 22.8 Å². The minimum Gasteiger partial charge on any atom is -0.335 e. The molecular weight excluding hydrogens is 385 g/mol. The predicted molar refractivity (Wildman–Crippen MR) is 83.2 cm³/mol. The minimum atomic E-state index is -4.59. The highest BCUT2D eigenvalue weighted by Gasteiger charge is 2.34. The maximum absolute atomic E-state index is 12.9. The lowest BCUT2D eigenvalue weighted by molar-refractivity contribution is -0.137. The highest BCUT2D eigenvalue weighted by atomic mass is 79.9. The van der Waals surface area contributed by atoms with Crippen molar-refractivity contribution in [3.05, 3.63) is 27.2 Å². The van der Waals surface area contributed by atoms with Crippen molar-refractivity contribution >= 4 is 39.2 Å². The van der Waals surface area contributed by atoms with Crippen LogP contribution in [0.4, 0.5) is 23.7 Å². The van der Waals surface area contributed by atoms with E-state index in [0.717, 1.165) is 38.2 Å². The number of benzene rings is 1. The zero-order chi connectivity index (χ0) is 16.3. The van der Waals surface area contributed by atoms with Crippen LogP contribution in [0.3, 0.4) is 0 Å². The number of alkyl halides is 3. The van der Waals surface area contributed by atoms with Crippen LogP contribution in [0.2, 0.25) is 5.02 Å². The molecule has 0 aromatic heterocycles. The van der Waals surface area contributed by atoms with Crippen molar-refractivity contribution in [2.45, 2.75) is 44.3 Å². The molecule has 1 aliphatic rings. The molecular formula is C14H15BrClF3N2O. The lowest BCUT2D eigenvalue weighted by Gasteiger charge is -2.23. The van der Waals surface area contributed by atoms with Gasteiger partial charge in [-0.2, -0.15) is 13.2 Å². The summed E-state index contributed by atoms with van der Waals surface area (Å²) in [7, 11) is 0. The van der Waals surface area contributed by atoms with Crippen LogP contribution in [0.25, 0.3) is 0 Å². The average Bonchev–Trinajstić information content (AvgIpc) is 2.42. The summed E-state index contributed by atoms with van der Waals surface area (Å²) in [4.78, 5) is 11.9. The van der Waals surface area contributed by atoms with Crippen LogP contribution in [0.15, 0.2) is 16.6 Å². The lowest BCUT2D eigenvalue weighted by Crippen LogP contribution is -2.39. The Balaban J connectivity index is 2.11. The smallest absolute Gasteiger partial charge is 0.335 e. The Morgan fingerprint density at radius 2 is 1.86 bits per heavy atom. The third kappa shape index (κ3) is 4.52. The molecule has 0 saturated heterocycles. The first-order valence-corrected chi connectivity index (χ1v) is 8.08. The van der Waals surface area contributed by atoms with E-state index in [-0.39, 0.29) is 16.2 Å². The molecule has 122 valence electrons. The molecule has 0 heterocycles. The molecule has 1 aromatic carbocycles. The Labute approximate surface area is 139 Å². The van der Waals surface area contributed by atoms with Crippen LogP contribution in [-0.4, -0.2) is 12.1 Å². The maximum atomic E-state index is 12.9. The van der Waals surface area contributed by atoms with E-state index in [9.17, 15) is 18.0 Å². The molecule has 2 amide bonds. The molecule has 1 fully saturated rings. The van der Waals surface area contributed by atoms with Gasteiger partial charge in [-0.3, -0.25) is 0 Å². The van der Waals surface area contributed by atoms with E-state index in [1.807, 2.05) is 0 Å². The van der Waals surface area contributed by atoms with Crippen molar-refractivity contribution in [3.63, 3.8) is 0 Å². The highest BCUT2D eigenvalue weighted by molar-refractivity contribution is 9.10. The number of halogens is 5. The minimum absolute atomic E-state index is 0.0572.